The zero-order chi connectivity index (χ0) is 25.7. The van der Waals surface area contributed by atoms with Crippen LogP contribution < -0.4 is 9.47 Å². The number of carbonyl (C=O) groups is 2. The van der Waals surface area contributed by atoms with Crippen LogP contribution in [0.15, 0.2) is 60.0 Å². The van der Waals surface area contributed by atoms with Crippen LogP contribution in [0, 0.1) is 0 Å². The monoisotopic (exact) mass is 526 g/mol. The fourth-order valence-corrected chi connectivity index (χ4v) is 5.57. The summed E-state index contributed by atoms with van der Waals surface area (Å²) in [5, 5.41) is 2.55. The van der Waals surface area contributed by atoms with Crippen LogP contribution in [-0.4, -0.2) is 54.5 Å². The Bertz CT molecular complexity index is 1210. The number of hydrogen-bond donors (Lipinski definition) is 0. The molecule has 0 aliphatic carbocycles. The zero-order valence-corrected chi connectivity index (χ0v) is 22.3. The Morgan fingerprint density at radius 2 is 1.94 bits per heavy atom. The highest BCUT2D eigenvalue weighted by Crippen LogP contribution is 2.35. The van der Waals surface area contributed by atoms with Gasteiger partial charge in [0.2, 0.25) is 5.91 Å². The molecule has 0 radical (unpaired) electrons. The fourth-order valence-electron chi connectivity index (χ4n) is 4.45. The van der Waals surface area contributed by atoms with Gasteiger partial charge in [0, 0.05) is 28.0 Å². The number of thiophene rings is 1. The SMILES string of the molecule is CCC(C)N(CC(=O)N1CCc2sccc2C1COc1ccccc1OC)C(=O)c1cccc(Cl)c1. The molecule has 8 heteroatoms. The van der Waals surface area contributed by atoms with Crippen LogP contribution in [0.1, 0.15) is 47.1 Å². The second kappa shape index (κ2) is 11.8. The molecule has 2 aromatic carbocycles. The van der Waals surface area contributed by atoms with Crippen LogP contribution in [0.5, 0.6) is 11.5 Å². The molecule has 3 aromatic rings. The molecule has 36 heavy (non-hydrogen) atoms. The Balaban J connectivity index is 1.56. The van der Waals surface area contributed by atoms with E-state index in [-0.39, 0.29) is 30.4 Å². The Morgan fingerprint density at radius 1 is 1.17 bits per heavy atom. The molecule has 4 rings (SSSR count). The Labute approximate surface area is 221 Å². The van der Waals surface area contributed by atoms with E-state index in [0.29, 0.717) is 35.2 Å². The summed E-state index contributed by atoms with van der Waals surface area (Å²) < 4.78 is 11.6. The number of rotatable bonds is 9. The van der Waals surface area contributed by atoms with Crippen molar-refractivity contribution in [1.29, 1.82) is 0 Å². The van der Waals surface area contributed by atoms with Crippen LogP contribution >= 0.6 is 22.9 Å². The van der Waals surface area contributed by atoms with E-state index >= 15 is 0 Å². The van der Waals surface area contributed by atoms with Crippen LogP contribution in [-0.2, 0) is 11.2 Å². The average Bonchev–Trinajstić information content (AvgIpc) is 3.38. The molecule has 0 saturated carbocycles. The molecule has 2 unspecified atom stereocenters. The first-order chi connectivity index (χ1) is 17.4. The quantitative estimate of drug-likeness (QED) is 0.350. The van der Waals surface area contributed by atoms with Crippen LogP contribution in [0.25, 0.3) is 0 Å². The van der Waals surface area contributed by atoms with Crippen molar-refractivity contribution in [2.24, 2.45) is 0 Å². The first-order valence-electron chi connectivity index (χ1n) is 12.1. The maximum Gasteiger partial charge on any atom is 0.254 e. The maximum atomic E-state index is 13.7. The number of halogens is 1. The van der Waals surface area contributed by atoms with E-state index in [0.717, 1.165) is 18.4 Å². The first kappa shape index (κ1) is 26.0. The molecular formula is C28H31ClN2O4S. The molecule has 0 N–H and O–H groups in total. The number of methoxy groups -OCH3 is 1. The van der Waals surface area contributed by atoms with Gasteiger partial charge in [-0.05, 0) is 67.1 Å². The van der Waals surface area contributed by atoms with Gasteiger partial charge in [0.25, 0.3) is 5.91 Å². The molecule has 0 bridgehead atoms. The summed E-state index contributed by atoms with van der Waals surface area (Å²) >= 11 is 7.83. The minimum Gasteiger partial charge on any atom is -0.493 e. The normalized spacial score (nSPS) is 15.7. The van der Waals surface area contributed by atoms with Gasteiger partial charge < -0.3 is 19.3 Å². The van der Waals surface area contributed by atoms with Crippen molar-refractivity contribution in [3.05, 3.63) is 81.0 Å². The lowest BCUT2D eigenvalue weighted by molar-refractivity contribution is -0.136. The largest absolute Gasteiger partial charge is 0.493 e. The second-order valence-corrected chi connectivity index (χ2v) is 10.3. The Kier molecular flexibility index (Phi) is 8.54. The number of para-hydroxylation sites is 2. The minimum atomic E-state index is -0.252. The smallest absolute Gasteiger partial charge is 0.254 e. The van der Waals surface area contributed by atoms with Gasteiger partial charge in [0.05, 0.1) is 13.2 Å². The van der Waals surface area contributed by atoms with E-state index in [4.69, 9.17) is 21.1 Å². The Morgan fingerprint density at radius 3 is 2.67 bits per heavy atom. The predicted octanol–water partition coefficient (Wildman–Crippen LogP) is 5.86. The molecule has 0 saturated heterocycles. The van der Waals surface area contributed by atoms with Gasteiger partial charge in [-0.25, -0.2) is 0 Å². The van der Waals surface area contributed by atoms with Crippen molar-refractivity contribution in [3.8, 4) is 11.5 Å². The fraction of sp³-hybridized carbons (Fsp3) is 0.357. The van der Waals surface area contributed by atoms with E-state index in [1.54, 1.807) is 47.6 Å². The van der Waals surface area contributed by atoms with E-state index in [2.05, 4.69) is 11.4 Å². The van der Waals surface area contributed by atoms with Crippen LogP contribution in [0.2, 0.25) is 5.02 Å². The highest BCUT2D eigenvalue weighted by atomic mass is 35.5. The van der Waals surface area contributed by atoms with Crippen LogP contribution in [0.4, 0.5) is 0 Å². The van der Waals surface area contributed by atoms with E-state index in [9.17, 15) is 9.59 Å². The van der Waals surface area contributed by atoms with Crippen LogP contribution in [0.3, 0.4) is 0 Å². The predicted molar refractivity (Wildman–Crippen MR) is 143 cm³/mol. The van der Waals surface area contributed by atoms with E-state index in [1.165, 1.54) is 4.88 Å². The van der Waals surface area contributed by atoms with Crippen molar-refractivity contribution in [2.75, 3.05) is 26.8 Å². The van der Waals surface area contributed by atoms with Gasteiger partial charge in [0.1, 0.15) is 13.2 Å². The summed E-state index contributed by atoms with van der Waals surface area (Å²) in [6, 6.07) is 16.1. The summed E-state index contributed by atoms with van der Waals surface area (Å²) in [6.45, 7) is 4.83. The molecule has 0 fully saturated rings. The summed E-state index contributed by atoms with van der Waals surface area (Å²) in [6.07, 6.45) is 1.52. The first-order valence-corrected chi connectivity index (χ1v) is 13.4. The third-order valence-corrected chi connectivity index (χ3v) is 7.87. The maximum absolute atomic E-state index is 13.7. The number of carbonyl (C=O) groups excluding carboxylic acids is 2. The summed E-state index contributed by atoms with van der Waals surface area (Å²) in [7, 11) is 1.61. The number of hydrogen-bond acceptors (Lipinski definition) is 5. The van der Waals surface area contributed by atoms with Gasteiger partial charge in [-0.3, -0.25) is 9.59 Å². The van der Waals surface area contributed by atoms with Crippen molar-refractivity contribution in [3.63, 3.8) is 0 Å². The van der Waals surface area contributed by atoms with Crippen molar-refractivity contribution in [1.82, 2.24) is 9.80 Å². The standard InChI is InChI=1S/C28H31ClN2O4S/c1-4-19(2)31(28(33)20-8-7-9-21(29)16-20)17-27(32)30-14-12-26-22(13-15-36-26)23(30)18-35-25-11-6-5-10-24(25)34-3/h5-11,13,15-16,19,23H,4,12,14,17-18H2,1-3H3. The number of amides is 2. The third kappa shape index (κ3) is 5.68. The molecule has 0 spiro atoms. The molecule has 2 amide bonds. The number of fused-ring (bicyclic) bond motifs is 1. The minimum absolute atomic E-state index is 0.00895. The zero-order valence-electron chi connectivity index (χ0n) is 20.8. The lowest BCUT2D eigenvalue weighted by Crippen LogP contribution is -2.49. The Hall–Kier alpha value is -3.03. The lowest BCUT2D eigenvalue weighted by atomic mass is 10.00. The van der Waals surface area contributed by atoms with Crippen molar-refractivity contribution >= 4 is 34.8 Å². The molecule has 1 aliphatic heterocycles. The van der Waals surface area contributed by atoms with Gasteiger partial charge >= 0.3 is 0 Å². The van der Waals surface area contributed by atoms with Gasteiger partial charge in [-0.2, -0.15) is 0 Å². The molecular weight excluding hydrogens is 496 g/mol. The van der Waals surface area contributed by atoms with Gasteiger partial charge in [-0.1, -0.05) is 36.7 Å². The van der Waals surface area contributed by atoms with E-state index < -0.39 is 0 Å². The van der Waals surface area contributed by atoms with Crippen molar-refractivity contribution in [2.45, 2.75) is 38.8 Å². The van der Waals surface area contributed by atoms with Gasteiger partial charge in [0.15, 0.2) is 11.5 Å². The average molecular weight is 527 g/mol. The highest BCUT2D eigenvalue weighted by Gasteiger charge is 2.34. The van der Waals surface area contributed by atoms with E-state index in [1.807, 2.05) is 43.0 Å². The molecule has 2 atom stereocenters. The number of nitrogens with zero attached hydrogens (tertiary/aromatic N) is 2. The van der Waals surface area contributed by atoms with Crippen molar-refractivity contribution < 1.29 is 19.1 Å². The highest BCUT2D eigenvalue weighted by molar-refractivity contribution is 7.10. The van der Waals surface area contributed by atoms with Gasteiger partial charge in [-0.15, -0.1) is 11.3 Å². The summed E-state index contributed by atoms with van der Waals surface area (Å²) in [5.74, 6) is 0.977. The molecule has 6 nitrogen and oxygen atoms in total. The molecule has 190 valence electrons. The second-order valence-electron chi connectivity index (χ2n) is 8.81. The summed E-state index contributed by atoms with van der Waals surface area (Å²) in [5.41, 5.74) is 1.58. The molecule has 2 heterocycles. The number of benzene rings is 2. The topological polar surface area (TPSA) is 59.1 Å². The summed E-state index contributed by atoms with van der Waals surface area (Å²) in [4.78, 5) is 31.9. The molecule has 1 aliphatic rings. The lowest BCUT2D eigenvalue weighted by Gasteiger charge is -2.38. The third-order valence-electron chi connectivity index (χ3n) is 6.64. The number of ether oxygens (including phenoxy) is 2. The molecule has 1 aromatic heterocycles.